The highest BCUT2D eigenvalue weighted by Crippen LogP contribution is 2.15. The van der Waals surface area contributed by atoms with Gasteiger partial charge in [0.1, 0.15) is 0 Å². The molecule has 7 nitrogen and oxygen atoms in total. The van der Waals surface area contributed by atoms with Crippen molar-refractivity contribution < 1.29 is 14.5 Å². The Morgan fingerprint density at radius 3 is 2.70 bits per heavy atom. The number of aryl methyl sites for hydroxylation is 3. The molecule has 0 atom stereocenters. The number of nitrogens with zero attached hydrogens (tertiary/aromatic N) is 2. The summed E-state index contributed by atoms with van der Waals surface area (Å²) in [5, 5.41) is 11.0. The third kappa shape index (κ3) is 3.63. The zero-order valence-electron chi connectivity index (χ0n) is 12.8. The van der Waals surface area contributed by atoms with Gasteiger partial charge >= 0.3 is 5.97 Å². The van der Waals surface area contributed by atoms with Gasteiger partial charge in [0.25, 0.3) is 11.2 Å². The molecule has 1 aromatic heterocycles. The number of pyridine rings is 1. The summed E-state index contributed by atoms with van der Waals surface area (Å²) >= 11 is 0. The lowest BCUT2D eigenvalue weighted by molar-refractivity contribution is -0.385. The summed E-state index contributed by atoms with van der Waals surface area (Å²) in [6.45, 7) is 1.75. The number of nitro groups is 1. The van der Waals surface area contributed by atoms with E-state index in [1.807, 2.05) is 0 Å². The number of aromatic nitrogens is 1. The normalized spacial score (nSPS) is 10.3. The van der Waals surface area contributed by atoms with E-state index < -0.39 is 10.9 Å². The lowest BCUT2D eigenvalue weighted by Gasteiger charge is -2.10. The second-order valence-corrected chi connectivity index (χ2v) is 5.03. The van der Waals surface area contributed by atoms with Gasteiger partial charge in [-0.3, -0.25) is 14.9 Å². The maximum absolute atomic E-state index is 12.0. The van der Waals surface area contributed by atoms with Crippen molar-refractivity contribution in [1.82, 2.24) is 4.57 Å². The van der Waals surface area contributed by atoms with Crippen LogP contribution in [-0.4, -0.2) is 22.6 Å². The molecule has 0 N–H and O–H groups in total. The highest BCUT2D eigenvalue weighted by atomic mass is 16.6. The van der Waals surface area contributed by atoms with Gasteiger partial charge in [-0.25, -0.2) is 4.79 Å². The first kappa shape index (κ1) is 16.4. The standard InChI is InChI=1S/C16H16N2O5/c1-11-9-15(19)17(10-14(11)18(21)22)8-7-12-5-3-4-6-13(12)16(20)23-2/h3-6,9-10H,7-8H2,1-2H3. The number of hydrogen-bond acceptors (Lipinski definition) is 5. The van der Waals surface area contributed by atoms with E-state index in [4.69, 9.17) is 4.74 Å². The molecule has 0 unspecified atom stereocenters. The van der Waals surface area contributed by atoms with Crippen LogP contribution < -0.4 is 5.56 Å². The van der Waals surface area contributed by atoms with Crippen LogP contribution in [0.1, 0.15) is 21.5 Å². The number of esters is 1. The maximum atomic E-state index is 12.0. The minimum absolute atomic E-state index is 0.106. The number of carbonyl (C=O) groups excluding carboxylic acids is 1. The summed E-state index contributed by atoms with van der Waals surface area (Å²) in [5.41, 5.74) is 1.04. The summed E-state index contributed by atoms with van der Waals surface area (Å²) in [5.74, 6) is -0.456. The summed E-state index contributed by atoms with van der Waals surface area (Å²) in [7, 11) is 1.30. The number of ether oxygens (including phenoxy) is 1. The van der Waals surface area contributed by atoms with Crippen molar-refractivity contribution in [3.8, 4) is 0 Å². The van der Waals surface area contributed by atoms with E-state index in [-0.39, 0.29) is 17.8 Å². The van der Waals surface area contributed by atoms with Crippen molar-refractivity contribution in [3.63, 3.8) is 0 Å². The second kappa shape index (κ2) is 6.87. The molecule has 0 spiro atoms. The quantitative estimate of drug-likeness (QED) is 0.478. The largest absolute Gasteiger partial charge is 0.465 e. The van der Waals surface area contributed by atoms with Crippen LogP contribution in [0.4, 0.5) is 5.69 Å². The van der Waals surface area contributed by atoms with Crippen molar-refractivity contribution in [2.75, 3.05) is 7.11 Å². The average molecular weight is 316 g/mol. The lowest BCUT2D eigenvalue weighted by atomic mass is 10.0. The Kier molecular flexibility index (Phi) is 4.90. The number of hydrogen-bond donors (Lipinski definition) is 0. The van der Waals surface area contributed by atoms with Crippen molar-refractivity contribution in [2.24, 2.45) is 0 Å². The Bertz CT molecular complexity index is 810. The van der Waals surface area contributed by atoms with Gasteiger partial charge in [-0.05, 0) is 25.0 Å². The van der Waals surface area contributed by atoms with Crippen LogP contribution in [0, 0.1) is 17.0 Å². The van der Waals surface area contributed by atoms with Crippen LogP contribution in [0.3, 0.4) is 0 Å². The predicted molar refractivity (Wildman–Crippen MR) is 83.6 cm³/mol. The molecule has 0 bridgehead atoms. The molecule has 120 valence electrons. The topological polar surface area (TPSA) is 91.4 Å². The van der Waals surface area contributed by atoms with Gasteiger partial charge in [-0.15, -0.1) is 0 Å². The van der Waals surface area contributed by atoms with Crippen LogP contribution in [-0.2, 0) is 17.7 Å². The number of carbonyl (C=O) groups is 1. The van der Waals surface area contributed by atoms with E-state index in [1.54, 1.807) is 24.3 Å². The Balaban J connectivity index is 2.29. The number of benzene rings is 1. The third-order valence-electron chi connectivity index (χ3n) is 3.55. The summed E-state index contributed by atoms with van der Waals surface area (Å²) in [6, 6.07) is 8.15. The molecule has 0 aliphatic carbocycles. The van der Waals surface area contributed by atoms with Gasteiger partial charge in [0, 0.05) is 18.2 Å². The molecule has 2 rings (SSSR count). The monoisotopic (exact) mass is 316 g/mol. The summed E-state index contributed by atoms with van der Waals surface area (Å²) in [6.07, 6.45) is 1.61. The molecule has 0 fully saturated rings. The first-order valence-corrected chi connectivity index (χ1v) is 6.95. The molecule has 1 heterocycles. The fourth-order valence-electron chi connectivity index (χ4n) is 2.31. The minimum Gasteiger partial charge on any atom is -0.465 e. The van der Waals surface area contributed by atoms with Gasteiger partial charge in [-0.1, -0.05) is 18.2 Å². The number of methoxy groups -OCH3 is 1. The zero-order valence-corrected chi connectivity index (χ0v) is 12.8. The van der Waals surface area contributed by atoms with E-state index in [1.165, 1.54) is 30.9 Å². The van der Waals surface area contributed by atoms with Crippen molar-refractivity contribution in [3.05, 3.63) is 73.7 Å². The highest BCUT2D eigenvalue weighted by molar-refractivity contribution is 5.90. The first-order chi connectivity index (χ1) is 10.9. The predicted octanol–water partition coefficient (Wildman–Crippen LogP) is 2.09. The summed E-state index contributed by atoms with van der Waals surface area (Å²) in [4.78, 5) is 34.1. The van der Waals surface area contributed by atoms with E-state index in [2.05, 4.69) is 0 Å². The Hall–Kier alpha value is -2.96. The van der Waals surface area contributed by atoms with Crippen LogP contribution in [0.2, 0.25) is 0 Å². The Morgan fingerprint density at radius 1 is 1.35 bits per heavy atom. The van der Waals surface area contributed by atoms with E-state index in [0.717, 1.165) is 5.56 Å². The molecule has 0 radical (unpaired) electrons. The number of rotatable bonds is 5. The molecule has 0 aliphatic rings. The highest BCUT2D eigenvalue weighted by Gasteiger charge is 2.15. The Morgan fingerprint density at radius 2 is 2.04 bits per heavy atom. The van der Waals surface area contributed by atoms with Crippen LogP contribution in [0.5, 0.6) is 0 Å². The molecular weight excluding hydrogens is 300 g/mol. The van der Waals surface area contributed by atoms with Gasteiger partial charge in [-0.2, -0.15) is 0 Å². The molecule has 0 amide bonds. The van der Waals surface area contributed by atoms with Crippen molar-refractivity contribution in [1.29, 1.82) is 0 Å². The van der Waals surface area contributed by atoms with Crippen molar-refractivity contribution in [2.45, 2.75) is 19.9 Å². The van der Waals surface area contributed by atoms with Gasteiger partial charge in [0.2, 0.25) is 0 Å². The molecule has 0 aliphatic heterocycles. The lowest BCUT2D eigenvalue weighted by Crippen LogP contribution is -2.21. The third-order valence-corrected chi connectivity index (χ3v) is 3.55. The molecule has 1 aromatic carbocycles. The van der Waals surface area contributed by atoms with Crippen LogP contribution in [0.25, 0.3) is 0 Å². The average Bonchev–Trinajstić information content (AvgIpc) is 2.53. The van der Waals surface area contributed by atoms with Gasteiger partial charge in [0.05, 0.1) is 23.8 Å². The molecule has 2 aromatic rings. The molecular formula is C16H16N2O5. The zero-order chi connectivity index (χ0) is 17.0. The smallest absolute Gasteiger partial charge is 0.338 e. The fraction of sp³-hybridized carbons (Fsp3) is 0.250. The first-order valence-electron chi connectivity index (χ1n) is 6.95. The second-order valence-electron chi connectivity index (χ2n) is 5.03. The van der Waals surface area contributed by atoms with Gasteiger partial charge in [0.15, 0.2) is 0 Å². The molecule has 0 saturated heterocycles. The molecule has 0 saturated carbocycles. The van der Waals surface area contributed by atoms with Crippen molar-refractivity contribution >= 4 is 11.7 Å². The fourth-order valence-corrected chi connectivity index (χ4v) is 2.31. The van der Waals surface area contributed by atoms with Crippen LogP contribution in [0.15, 0.2) is 41.3 Å². The summed E-state index contributed by atoms with van der Waals surface area (Å²) < 4.78 is 6.00. The van der Waals surface area contributed by atoms with Gasteiger partial charge < -0.3 is 9.30 Å². The van der Waals surface area contributed by atoms with E-state index >= 15 is 0 Å². The maximum Gasteiger partial charge on any atom is 0.338 e. The molecule has 7 heteroatoms. The Labute approximate surface area is 132 Å². The van der Waals surface area contributed by atoms with Crippen LogP contribution >= 0.6 is 0 Å². The van der Waals surface area contributed by atoms with E-state index in [0.29, 0.717) is 17.5 Å². The SMILES string of the molecule is COC(=O)c1ccccc1CCn1cc([N+](=O)[O-])c(C)cc1=O. The van der Waals surface area contributed by atoms with E-state index in [9.17, 15) is 19.7 Å². The molecule has 23 heavy (non-hydrogen) atoms. The minimum atomic E-state index is -0.520.